The monoisotopic (exact) mass is 123 g/mol. The van der Waals surface area contributed by atoms with Gasteiger partial charge < -0.3 is 5.32 Å². The zero-order chi connectivity index (χ0) is 6.95. The van der Waals surface area contributed by atoms with E-state index in [9.17, 15) is 0 Å². The molecule has 0 spiro atoms. The minimum absolute atomic E-state index is 0.380. The Labute approximate surface area is 54.9 Å². The molecule has 9 heavy (non-hydrogen) atoms. The van der Waals surface area contributed by atoms with Crippen LogP contribution in [-0.4, -0.2) is 13.1 Å². The predicted molar refractivity (Wildman–Crippen MR) is 33.3 cm³/mol. The van der Waals surface area contributed by atoms with Crippen LogP contribution in [0.5, 0.6) is 0 Å². The van der Waals surface area contributed by atoms with Crippen LogP contribution >= 0.6 is 0 Å². The average Bonchev–Trinajstić information content (AvgIpc) is 1.89. The molecule has 0 atom stereocenters. The fourth-order valence-electron chi connectivity index (χ4n) is 0.437. The molecule has 3 heteroatoms. The van der Waals surface area contributed by atoms with Gasteiger partial charge in [-0.25, -0.2) is 0 Å². The molecule has 0 bridgehead atoms. The Morgan fingerprint density at radius 2 is 2.00 bits per heavy atom. The zero-order valence-corrected chi connectivity index (χ0v) is 5.22. The minimum Gasteiger partial charge on any atom is -0.304 e. The molecule has 0 aliphatic heterocycles. The van der Waals surface area contributed by atoms with Gasteiger partial charge in [0.25, 0.3) is 0 Å². The van der Waals surface area contributed by atoms with E-state index in [1.165, 1.54) is 0 Å². The van der Waals surface area contributed by atoms with Crippen molar-refractivity contribution in [1.29, 1.82) is 10.5 Å². The summed E-state index contributed by atoms with van der Waals surface area (Å²) < 4.78 is 0. The molecule has 3 nitrogen and oxygen atoms in total. The Morgan fingerprint density at radius 3 is 2.56 bits per heavy atom. The molecule has 0 rings (SSSR count). The Balaban J connectivity index is 2.79. The first-order chi connectivity index (χ1) is 4.41. The molecule has 0 aromatic carbocycles. The third kappa shape index (κ3) is 6.94. The van der Waals surface area contributed by atoms with Crippen LogP contribution in [0.1, 0.15) is 12.8 Å². The third-order valence-electron chi connectivity index (χ3n) is 0.846. The molecular formula is C6H9N3. The van der Waals surface area contributed by atoms with Crippen LogP contribution in [0, 0.1) is 22.7 Å². The van der Waals surface area contributed by atoms with Gasteiger partial charge in [-0.3, -0.25) is 0 Å². The predicted octanol–water partition coefficient (Wildman–Crippen LogP) is 0.403. The summed E-state index contributed by atoms with van der Waals surface area (Å²) in [6.07, 6.45) is 1.40. The SMILES string of the molecule is N#CCCCNCC#N. The van der Waals surface area contributed by atoms with Gasteiger partial charge in [-0.2, -0.15) is 10.5 Å². The fourth-order valence-corrected chi connectivity index (χ4v) is 0.437. The number of nitrogens with one attached hydrogen (secondary N) is 1. The van der Waals surface area contributed by atoms with Gasteiger partial charge in [0.05, 0.1) is 18.7 Å². The third-order valence-corrected chi connectivity index (χ3v) is 0.846. The lowest BCUT2D eigenvalue weighted by Crippen LogP contribution is -2.14. The topological polar surface area (TPSA) is 59.6 Å². The number of nitrogens with zero attached hydrogens (tertiary/aromatic N) is 2. The van der Waals surface area contributed by atoms with Crippen LogP contribution in [0.3, 0.4) is 0 Å². The van der Waals surface area contributed by atoms with E-state index in [4.69, 9.17) is 10.5 Å². The molecule has 0 aromatic heterocycles. The normalized spacial score (nSPS) is 7.78. The summed E-state index contributed by atoms with van der Waals surface area (Å²) in [5.74, 6) is 0. The van der Waals surface area contributed by atoms with E-state index in [2.05, 4.69) is 5.32 Å². The van der Waals surface area contributed by atoms with Gasteiger partial charge in [-0.05, 0) is 13.0 Å². The largest absolute Gasteiger partial charge is 0.304 e. The van der Waals surface area contributed by atoms with Crippen molar-refractivity contribution in [2.24, 2.45) is 0 Å². The van der Waals surface area contributed by atoms with E-state index in [1.54, 1.807) is 0 Å². The van der Waals surface area contributed by atoms with Crippen molar-refractivity contribution in [3.05, 3.63) is 0 Å². The van der Waals surface area contributed by atoms with Crippen LogP contribution in [0.2, 0.25) is 0 Å². The molecule has 0 aliphatic rings. The molecule has 0 amide bonds. The van der Waals surface area contributed by atoms with Crippen molar-refractivity contribution in [3.8, 4) is 12.1 Å². The maximum atomic E-state index is 8.08. The molecule has 0 heterocycles. The number of hydrogen-bond acceptors (Lipinski definition) is 3. The highest BCUT2D eigenvalue weighted by Crippen LogP contribution is 1.80. The van der Waals surface area contributed by atoms with E-state index in [0.717, 1.165) is 13.0 Å². The average molecular weight is 123 g/mol. The van der Waals surface area contributed by atoms with Gasteiger partial charge in [-0.15, -0.1) is 0 Å². The number of rotatable bonds is 4. The summed E-state index contributed by atoms with van der Waals surface area (Å²) in [5.41, 5.74) is 0. The van der Waals surface area contributed by atoms with Crippen molar-refractivity contribution in [1.82, 2.24) is 5.32 Å². The second-order valence-electron chi connectivity index (χ2n) is 1.60. The fraction of sp³-hybridized carbons (Fsp3) is 0.667. The first-order valence-electron chi connectivity index (χ1n) is 2.86. The maximum Gasteiger partial charge on any atom is 0.0840 e. The quantitative estimate of drug-likeness (QED) is 0.435. The Kier molecular flexibility index (Phi) is 6.12. The second-order valence-corrected chi connectivity index (χ2v) is 1.60. The van der Waals surface area contributed by atoms with E-state index >= 15 is 0 Å². The van der Waals surface area contributed by atoms with Crippen LogP contribution < -0.4 is 5.32 Å². The standard InChI is InChI=1S/C6H9N3/c7-3-1-2-5-9-6-4-8/h9H,1-2,5-6H2. The number of nitriles is 2. The molecule has 1 N–H and O–H groups in total. The van der Waals surface area contributed by atoms with Gasteiger partial charge in [0.15, 0.2) is 0 Å². The van der Waals surface area contributed by atoms with Gasteiger partial charge >= 0.3 is 0 Å². The molecule has 0 saturated carbocycles. The lowest BCUT2D eigenvalue weighted by Gasteiger charge is -1.92. The lowest BCUT2D eigenvalue weighted by atomic mass is 10.3. The molecule has 48 valence electrons. The van der Waals surface area contributed by atoms with Crippen LogP contribution in [0.25, 0.3) is 0 Å². The van der Waals surface area contributed by atoms with Gasteiger partial charge in [0, 0.05) is 6.42 Å². The van der Waals surface area contributed by atoms with E-state index in [-0.39, 0.29) is 0 Å². The van der Waals surface area contributed by atoms with Crippen molar-refractivity contribution < 1.29 is 0 Å². The Morgan fingerprint density at radius 1 is 1.22 bits per heavy atom. The first-order valence-corrected chi connectivity index (χ1v) is 2.86. The molecule has 0 radical (unpaired) electrons. The number of hydrogen-bond donors (Lipinski definition) is 1. The van der Waals surface area contributed by atoms with Gasteiger partial charge in [0.1, 0.15) is 0 Å². The van der Waals surface area contributed by atoms with Crippen molar-refractivity contribution in [2.75, 3.05) is 13.1 Å². The summed E-state index contributed by atoms with van der Waals surface area (Å²) in [5, 5.41) is 19.0. The van der Waals surface area contributed by atoms with Crippen LogP contribution in [0.4, 0.5) is 0 Å². The molecular weight excluding hydrogens is 114 g/mol. The molecule has 0 aliphatic carbocycles. The van der Waals surface area contributed by atoms with Gasteiger partial charge in [0.2, 0.25) is 0 Å². The summed E-state index contributed by atoms with van der Waals surface area (Å²) in [6.45, 7) is 1.15. The molecule has 0 aromatic rings. The summed E-state index contributed by atoms with van der Waals surface area (Å²) in [4.78, 5) is 0. The summed E-state index contributed by atoms with van der Waals surface area (Å²) in [7, 11) is 0. The lowest BCUT2D eigenvalue weighted by molar-refractivity contribution is 0.708. The summed E-state index contributed by atoms with van der Waals surface area (Å²) in [6, 6.07) is 3.97. The smallest absolute Gasteiger partial charge is 0.0840 e. The summed E-state index contributed by atoms with van der Waals surface area (Å²) >= 11 is 0. The molecule has 0 unspecified atom stereocenters. The van der Waals surface area contributed by atoms with E-state index in [0.29, 0.717) is 13.0 Å². The minimum atomic E-state index is 0.380. The highest BCUT2D eigenvalue weighted by atomic mass is 14.8. The highest BCUT2D eigenvalue weighted by molar-refractivity contribution is 4.74. The van der Waals surface area contributed by atoms with E-state index in [1.807, 2.05) is 12.1 Å². The van der Waals surface area contributed by atoms with Crippen molar-refractivity contribution in [2.45, 2.75) is 12.8 Å². The maximum absolute atomic E-state index is 8.08. The van der Waals surface area contributed by atoms with Gasteiger partial charge in [-0.1, -0.05) is 0 Å². The van der Waals surface area contributed by atoms with Crippen molar-refractivity contribution in [3.63, 3.8) is 0 Å². The highest BCUT2D eigenvalue weighted by Gasteiger charge is 1.83. The zero-order valence-electron chi connectivity index (χ0n) is 5.22. The molecule has 0 fully saturated rings. The molecule has 0 saturated heterocycles. The second kappa shape index (κ2) is 6.94. The Bertz CT molecular complexity index is 112. The van der Waals surface area contributed by atoms with Crippen LogP contribution in [0.15, 0.2) is 0 Å². The van der Waals surface area contributed by atoms with E-state index < -0.39 is 0 Å². The number of unbranched alkanes of at least 4 members (excludes halogenated alkanes) is 1. The Hall–Kier alpha value is -1.06. The van der Waals surface area contributed by atoms with Crippen molar-refractivity contribution >= 4 is 0 Å². The first kappa shape index (κ1) is 7.94. The van der Waals surface area contributed by atoms with Crippen LogP contribution in [-0.2, 0) is 0 Å².